The van der Waals surface area contributed by atoms with Crippen LogP contribution in [-0.4, -0.2) is 21.9 Å². The van der Waals surface area contributed by atoms with Crippen LogP contribution in [0, 0.1) is 6.92 Å². The van der Waals surface area contributed by atoms with Crippen molar-refractivity contribution in [1.82, 2.24) is 9.36 Å². The summed E-state index contributed by atoms with van der Waals surface area (Å²) >= 11 is 3.08. The van der Waals surface area contributed by atoms with E-state index in [1.165, 1.54) is 11.5 Å². The molecule has 2 N–H and O–H groups in total. The first-order valence-electron chi connectivity index (χ1n) is 5.98. The minimum absolute atomic E-state index is 0.426. The van der Waals surface area contributed by atoms with E-state index >= 15 is 0 Å². The second-order valence-corrected chi connectivity index (χ2v) is 6.03. The van der Waals surface area contributed by atoms with E-state index < -0.39 is 0 Å². The summed E-state index contributed by atoms with van der Waals surface area (Å²) in [6.07, 6.45) is 0. The Bertz CT molecular complexity index is 530. The number of aromatic nitrogens is 2. The van der Waals surface area contributed by atoms with Gasteiger partial charge >= 0.3 is 0 Å². The molecule has 18 heavy (non-hydrogen) atoms. The molecule has 0 aliphatic carbocycles. The van der Waals surface area contributed by atoms with Crippen LogP contribution in [0.5, 0.6) is 0 Å². The van der Waals surface area contributed by atoms with Crippen LogP contribution in [0.15, 0.2) is 5.38 Å². The lowest BCUT2D eigenvalue weighted by Gasteiger charge is -2.26. The van der Waals surface area contributed by atoms with E-state index in [4.69, 9.17) is 5.73 Å². The van der Waals surface area contributed by atoms with Crippen LogP contribution in [0.25, 0.3) is 10.6 Å². The number of anilines is 2. The molecule has 0 amide bonds. The van der Waals surface area contributed by atoms with Crippen molar-refractivity contribution in [1.29, 1.82) is 0 Å². The van der Waals surface area contributed by atoms with Crippen molar-refractivity contribution >= 4 is 33.7 Å². The molecule has 0 bridgehead atoms. The molecule has 0 atom stereocenters. The molecule has 4 nitrogen and oxygen atoms in total. The number of nitrogens with two attached hydrogens (primary N) is 1. The average molecular weight is 282 g/mol. The third kappa shape index (κ3) is 2.35. The van der Waals surface area contributed by atoms with E-state index in [1.54, 1.807) is 11.3 Å². The van der Waals surface area contributed by atoms with Gasteiger partial charge in [-0.2, -0.15) is 4.37 Å². The summed E-state index contributed by atoms with van der Waals surface area (Å²) in [4.78, 5) is 6.83. The Balaban J connectivity index is 2.50. The topological polar surface area (TPSA) is 55.0 Å². The Morgan fingerprint density at radius 1 is 1.44 bits per heavy atom. The van der Waals surface area contributed by atoms with Gasteiger partial charge in [0.25, 0.3) is 0 Å². The Kier molecular flexibility index (Phi) is 3.87. The van der Waals surface area contributed by atoms with Gasteiger partial charge < -0.3 is 10.6 Å². The zero-order valence-corrected chi connectivity index (χ0v) is 12.7. The van der Waals surface area contributed by atoms with Crippen molar-refractivity contribution < 1.29 is 0 Å². The molecule has 6 heteroatoms. The maximum Gasteiger partial charge on any atom is 0.149 e. The van der Waals surface area contributed by atoms with Gasteiger partial charge in [0.2, 0.25) is 0 Å². The average Bonchev–Trinajstić information content (AvgIpc) is 2.86. The van der Waals surface area contributed by atoms with Crippen molar-refractivity contribution in [3.8, 4) is 10.6 Å². The molecule has 98 valence electrons. The van der Waals surface area contributed by atoms with Gasteiger partial charge in [0, 0.05) is 23.7 Å². The Hall–Kier alpha value is -1.14. The number of thiazole rings is 1. The molecule has 0 saturated carbocycles. The molecule has 2 aromatic rings. The summed E-state index contributed by atoms with van der Waals surface area (Å²) in [6, 6.07) is 0.426. The minimum Gasteiger partial charge on any atom is -0.382 e. The second kappa shape index (κ2) is 5.24. The number of nitrogens with zero attached hydrogens (tertiary/aromatic N) is 3. The number of hydrogen-bond acceptors (Lipinski definition) is 6. The summed E-state index contributed by atoms with van der Waals surface area (Å²) in [7, 11) is 0. The maximum atomic E-state index is 6.01. The summed E-state index contributed by atoms with van der Waals surface area (Å²) in [5.74, 6) is 0.587. The predicted octanol–water partition coefficient (Wildman–Crippen LogP) is 3.39. The lowest BCUT2D eigenvalue weighted by Crippen LogP contribution is -2.29. The van der Waals surface area contributed by atoms with Gasteiger partial charge in [0.1, 0.15) is 15.8 Å². The first kappa shape index (κ1) is 13.3. The van der Waals surface area contributed by atoms with Crippen molar-refractivity contribution in [2.75, 3.05) is 17.2 Å². The maximum absolute atomic E-state index is 6.01. The third-order valence-corrected chi connectivity index (χ3v) is 4.64. The van der Waals surface area contributed by atoms with Crippen LogP contribution in [0.2, 0.25) is 0 Å². The highest BCUT2D eigenvalue weighted by Gasteiger charge is 2.22. The van der Waals surface area contributed by atoms with E-state index in [9.17, 15) is 0 Å². The van der Waals surface area contributed by atoms with Gasteiger partial charge in [-0.3, -0.25) is 0 Å². The lowest BCUT2D eigenvalue weighted by atomic mass is 10.2. The van der Waals surface area contributed by atoms with E-state index in [1.807, 2.05) is 12.3 Å². The standard InChI is InChI=1S/C12H18N4S2/c1-5-16(7(2)3)12-9(10(13)15-18-12)11-14-8(4)6-17-11/h6-7H,5H2,1-4H3,(H2,13,15). The molecule has 0 aromatic carbocycles. The first-order valence-corrected chi connectivity index (χ1v) is 7.64. The fourth-order valence-corrected chi connectivity index (χ4v) is 3.83. The molecule has 0 fully saturated rings. The van der Waals surface area contributed by atoms with E-state index in [0.717, 1.165) is 27.8 Å². The largest absolute Gasteiger partial charge is 0.382 e. The van der Waals surface area contributed by atoms with Crippen LogP contribution in [-0.2, 0) is 0 Å². The highest BCUT2D eigenvalue weighted by atomic mass is 32.1. The quantitative estimate of drug-likeness (QED) is 0.934. The Morgan fingerprint density at radius 2 is 2.17 bits per heavy atom. The van der Waals surface area contributed by atoms with Gasteiger partial charge in [-0.25, -0.2) is 4.98 Å². The lowest BCUT2D eigenvalue weighted by molar-refractivity contribution is 0.710. The third-order valence-electron chi connectivity index (χ3n) is 2.76. The predicted molar refractivity (Wildman–Crippen MR) is 80.5 cm³/mol. The summed E-state index contributed by atoms with van der Waals surface area (Å²) in [5.41, 5.74) is 8.04. The molecule has 0 spiro atoms. The molecular formula is C12H18N4S2. The number of nitrogen functional groups attached to an aromatic ring is 1. The molecule has 2 rings (SSSR count). The van der Waals surface area contributed by atoms with Gasteiger partial charge in [-0.15, -0.1) is 11.3 Å². The fraction of sp³-hybridized carbons (Fsp3) is 0.500. The Morgan fingerprint density at radius 3 is 2.67 bits per heavy atom. The zero-order valence-electron chi connectivity index (χ0n) is 11.1. The van der Waals surface area contributed by atoms with Crippen molar-refractivity contribution in [3.05, 3.63) is 11.1 Å². The molecular weight excluding hydrogens is 264 g/mol. The summed E-state index contributed by atoms with van der Waals surface area (Å²) < 4.78 is 4.30. The highest BCUT2D eigenvalue weighted by molar-refractivity contribution is 7.15. The number of rotatable bonds is 4. The monoisotopic (exact) mass is 282 g/mol. The van der Waals surface area contributed by atoms with Crippen molar-refractivity contribution in [2.45, 2.75) is 33.7 Å². The van der Waals surface area contributed by atoms with Crippen LogP contribution < -0.4 is 10.6 Å². The van der Waals surface area contributed by atoms with Gasteiger partial charge in [0.05, 0.1) is 5.56 Å². The van der Waals surface area contributed by atoms with E-state index in [2.05, 4.69) is 35.0 Å². The van der Waals surface area contributed by atoms with Crippen LogP contribution in [0.1, 0.15) is 26.5 Å². The van der Waals surface area contributed by atoms with E-state index in [0.29, 0.717) is 11.9 Å². The van der Waals surface area contributed by atoms with Crippen molar-refractivity contribution in [2.24, 2.45) is 0 Å². The second-order valence-electron chi connectivity index (χ2n) is 4.42. The number of hydrogen-bond donors (Lipinski definition) is 1. The van der Waals surface area contributed by atoms with Gasteiger partial charge in [-0.1, -0.05) is 0 Å². The highest BCUT2D eigenvalue weighted by Crippen LogP contribution is 2.41. The van der Waals surface area contributed by atoms with Crippen molar-refractivity contribution in [3.63, 3.8) is 0 Å². The molecule has 0 radical (unpaired) electrons. The Labute approximate surface area is 116 Å². The van der Waals surface area contributed by atoms with Gasteiger partial charge in [0.15, 0.2) is 0 Å². The normalized spacial score (nSPS) is 11.2. The van der Waals surface area contributed by atoms with E-state index in [-0.39, 0.29) is 0 Å². The molecule has 2 aromatic heterocycles. The minimum atomic E-state index is 0.426. The SMILES string of the molecule is CCN(c1snc(N)c1-c1nc(C)cs1)C(C)C. The number of aryl methyl sites for hydroxylation is 1. The first-order chi connectivity index (χ1) is 8.54. The van der Waals surface area contributed by atoms with Gasteiger partial charge in [-0.05, 0) is 39.2 Å². The summed E-state index contributed by atoms with van der Waals surface area (Å²) in [6.45, 7) is 9.44. The molecule has 0 saturated heterocycles. The fourth-order valence-electron chi connectivity index (χ4n) is 1.90. The molecule has 2 heterocycles. The van der Waals surface area contributed by atoms with Crippen LogP contribution in [0.4, 0.5) is 10.8 Å². The zero-order chi connectivity index (χ0) is 13.3. The van der Waals surface area contributed by atoms with Crippen LogP contribution in [0.3, 0.4) is 0 Å². The molecule has 0 aliphatic rings. The molecule has 0 aliphatic heterocycles. The summed E-state index contributed by atoms with van der Waals surface area (Å²) in [5, 5.41) is 4.13. The van der Waals surface area contributed by atoms with Crippen LogP contribution >= 0.6 is 22.9 Å². The smallest absolute Gasteiger partial charge is 0.149 e. The molecule has 0 unspecified atom stereocenters.